The number of hydrogen-bond acceptors (Lipinski definition) is 2. The van der Waals surface area contributed by atoms with Crippen LogP contribution < -0.4 is 11.1 Å². The summed E-state index contributed by atoms with van der Waals surface area (Å²) in [5, 5.41) is 2.94. The van der Waals surface area contributed by atoms with Crippen molar-refractivity contribution in [3.8, 4) is 0 Å². The summed E-state index contributed by atoms with van der Waals surface area (Å²) in [6, 6.07) is 17.6. The SMILES string of the molecule is CC(C)c1ccc(NC(=O)C(CN)c2ccccc2)cc1.Cl. The van der Waals surface area contributed by atoms with Crippen LogP contribution in [0.25, 0.3) is 0 Å². The van der Waals surface area contributed by atoms with Gasteiger partial charge in [0.25, 0.3) is 0 Å². The lowest BCUT2D eigenvalue weighted by Crippen LogP contribution is -2.27. The van der Waals surface area contributed by atoms with E-state index in [1.807, 2.05) is 54.6 Å². The van der Waals surface area contributed by atoms with Crippen molar-refractivity contribution in [2.24, 2.45) is 5.73 Å². The summed E-state index contributed by atoms with van der Waals surface area (Å²) >= 11 is 0. The Morgan fingerprint density at radius 3 is 2.09 bits per heavy atom. The number of halogens is 1. The van der Waals surface area contributed by atoms with Gasteiger partial charge in [-0.05, 0) is 29.2 Å². The fourth-order valence-corrected chi connectivity index (χ4v) is 2.26. The molecule has 2 aromatic rings. The summed E-state index contributed by atoms with van der Waals surface area (Å²) in [7, 11) is 0. The van der Waals surface area contributed by atoms with Gasteiger partial charge in [0.05, 0.1) is 5.92 Å². The minimum absolute atomic E-state index is 0. The maximum absolute atomic E-state index is 12.4. The van der Waals surface area contributed by atoms with Crippen molar-refractivity contribution in [2.45, 2.75) is 25.7 Å². The Morgan fingerprint density at radius 1 is 1.00 bits per heavy atom. The Kier molecular flexibility index (Phi) is 7.09. The van der Waals surface area contributed by atoms with Crippen molar-refractivity contribution in [1.29, 1.82) is 0 Å². The van der Waals surface area contributed by atoms with E-state index in [9.17, 15) is 4.79 Å². The molecule has 0 aromatic heterocycles. The number of hydrogen-bond donors (Lipinski definition) is 2. The summed E-state index contributed by atoms with van der Waals surface area (Å²) in [4.78, 5) is 12.4. The van der Waals surface area contributed by atoms with Gasteiger partial charge >= 0.3 is 0 Å². The van der Waals surface area contributed by atoms with Gasteiger partial charge in [-0.15, -0.1) is 12.4 Å². The number of rotatable bonds is 5. The first-order valence-corrected chi connectivity index (χ1v) is 7.27. The van der Waals surface area contributed by atoms with Gasteiger partial charge in [0.1, 0.15) is 0 Å². The molecule has 0 heterocycles. The normalized spacial score (nSPS) is 11.6. The molecule has 118 valence electrons. The van der Waals surface area contributed by atoms with Crippen LogP contribution in [0.5, 0.6) is 0 Å². The quantitative estimate of drug-likeness (QED) is 0.878. The molecule has 1 amide bonds. The number of nitrogens with one attached hydrogen (secondary N) is 1. The maximum Gasteiger partial charge on any atom is 0.233 e. The summed E-state index contributed by atoms with van der Waals surface area (Å²) in [6.07, 6.45) is 0. The molecule has 0 aliphatic carbocycles. The number of anilines is 1. The molecular weight excluding hydrogens is 296 g/mol. The minimum Gasteiger partial charge on any atom is -0.329 e. The van der Waals surface area contributed by atoms with Gasteiger partial charge in [0.15, 0.2) is 0 Å². The van der Waals surface area contributed by atoms with Gasteiger partial charge in [0.2, 0.25) is 5.91 Å². The number of carbonyl (C=O) groups excluding carboxylic acids is 1. The van der Waals surface area contributed by atoms with E-state index >= 15 is 0 Å². The van der Waals surface area contributed by atoms with Gasteiger partial charge in [-0.1, -0.05) is 56.3 Å². The van der Waals surface area contributed by atoms with E-state index in [1.165, 1.54) is 5.56 Å². The van der Waals surface area contributed by atoms with Gasteiger partial charge in [-0.3, -0.25) is 4.79 Å². The lowest BCUT2D eigenvalue weighted by atomic mass is 9.98. The second kappa shape index (κ2) is 8.57. The van der Waals surface area contributed by atoms with Crippen LogP contribution in [-0.4, -0.2) is 12.5 Å². The number of amides is 1. The summed E-state index contributed by atoms with van der Waals surface area (Å²) in [5.41, 5.74) is 8.76. The van der Waals surface area contributed by atoms with Crippen molar-refractivity contribution in [3.05, 3.63) is 65.7 Å². The van der Waals surface area contributed by atoms with Crippen LogP contribution in [-0.2, 0) is 4.79 Å². The van der Waals surface area contributed by atoms with Crippen molar-refractivity contribution < 1.29 is 4.79 Å². The van der Waals surface area contributed by atoms with Crippen molar-refractivity contribution in [1.82, 2.24) is 0 Å². The second-order valence-electron chi connectivity index (χ2n) is 5.46. The molecule has 3 N–H and O–H groups in total. The Labute approximate surface area is 138 Å². The minimum atomic E-state index is -0.323. The molecule has 22 heavy (non-hydrogen) atoms. The molecule has 2 aromatic carbocycles. The highest BCUT2D eigenvalue weighted by Gasteiger charge is 2.18. The van der Waals surface area contributed by atoms with E-state index in [2.05, 4.69) is 19.2 Å². The Hall–Kier alpha value is -1.84. The van der Waals surface area contributed by atoms with E-state index in [0.29, 0.717) is 12.5 Å². The topological polar surface area (TPSA) is 55.1 Å². The standard InChI is InChI=1S/C18H22N2O.ClH/c1-13(2)14-8-10-16(11-9-14)20-18(21)17(12-19)15-6-4-3-5-7-15;/h3-11,13,17H,12,19H2,1-2H3,(H,20,21);1H. The molecule has 4 heteroatoms. The first kappa shape index (κ1) is 18.2. The molecular formula is C18H23ClN2O. The smallest absolute Gasteiger partial charge is 0.233 e. The van der Waals surface area contributed by atoms with E-state index in [-0.39, 0.29) is 24.2 Å². The van der Waals surface area contributed by atoms with Crippen LogP contribution in [0, 0.1) is 0 Å². The lowest BCUT2D eigenvalue weighted by molar-refractivity contribution is -0.117. The average molecular weight is 319 g/mol. The van der Waals surface area contributed by atoms with Crippen molar-refractivity contribution >= 4 is 24.0 Å². The lowest BCUT2D eigenvalue weighted by Gasteiger charge is -2.15. The highest BCUT2D eigenvalue weighted by molar-refractivity contribution is 5.96. The predicted molar refractivity (Wildman–Crippen MR) is 94.6 cm³/mol. The number of benzene rings is 2. The fourth-order valence-electron chi connectivity index (χ4n) is 2.26. The van der Waals surface area contributed by atoms with Gasteiger partial charge in [-0.25, -0.2) is 0 Å². The van der Waals surface area contributed by atoms with Gasteiger partial charge in [-0.2, -0.15) is 0 Å². The zero-order valence-corrected chi connectivity index (χ0v) is 13.8. The van der Waals surface area contributed by atoms with E-state index < -0.39 is 0 Å². The second-order valence-corrected chi connectivity index (χ2v) is 5.46. The van der Waals surface area contributed by atoms with Crippen LogP contribution in [0.1, 0.15) is 36.8 Å². The van der Waals surface area contributed by atoms with E-state index in [1.54, 1.807) is 0 Å². The number of carbonyl (C=O) groups is 1. The van der Waals surface area contributed by atoms with E-state index in [4.69, 9.17) is 5.73 Å². The van der Waals surface area contributed by atoms with Crippen LogP contribution in [0.3, 0.4) is 0 Å². The van der Waals surface area contributed by atoms with E-state index in [0.717, 1.165) is 11.3 Å². The predicted octanol–water partition coefficient (Wildman–Crippen LogP) is 3.91. The molecule has 0 aliphatic heterocycles. The zero-order chi connectivity index (χ0) is 15.2. The highest BCUT2D eigenvalue weighted by atomic mass is 35.5. The molecule has 0 fully saturated rings. The Balaban J connectivity index is 0.00000242. The van der Waals surface area contributed by atoms with Gasteiger partial charge < -0.3 is 11.1 Å². The van der Waals surface area contributed by atoms with Crippen LogP contribution in [0.2, 0.25) is 0 Å². The molecule has 1 unspecified atom stereocenters. The van der Waals surface area contributed by atoms with Crippen molar-refractivity contribution in [3.63, 3.8) is 0 Å². The van der Waals surface area contributed by atoms with Crippen LogP contribution >= 0.6 is 12.4 Å². The molecule has 0 saturated carbocycles. The molecule has 0 saturated heterocycles. The molecule has 3 nitrogen and oxygen atoms in total. The van der Waals surface area contributed by atoms with Gasteiger partial charge in [0, 0.05) is 12.2 Å². The van der Waals surface area contributed by atoms with Crippen LogP contribution in [0.15, 0.2) is 54.6 Å². The average Bonchev–Trinajstić information content (AvgIpc) is 2.49. The zero-order valence-electron chi connectivity index (χ0n) is 13.0. The molecule has 0 aliphatic rings. The molecule has 1 atom stereocenters. The third-order valence-electron chi connectivity index (χ3n) is 3.60. The summed E-state index contributed by atoms with van der Waals surface area (Å²) < 4.78 is 0. The first-order valence-electron chi connectivity index (χ1n) is 7.27. The summed E-state index contributed by atoms with van der Waals surface area (Å²) in [5.74, 6) is 0.0906. The molecule has 0 radical (unpaired) electrons. The maximum atomic E-state index is 12.4. The monoisotopic (exact) mass is 318 g/mol. The molecule has 0 bridgehead atoms. The Bertz CT molecular complexity index is 582. The molecule has 2 rings (SSSR count). The highest BCUT2D eigenvalue weighted by Crippen LogP contribution is 2.20. The van der Waals surface area contributed by atoms with Crippen molar-refractivity contribution in [2.75, 3.05) is 11.9 Å². The van der Waals surface area contributed by atoms with Crippen LogP contribution in [0.4, 0.5) is 5.69 Å². The fraction of sp³-hybridized carbons (Fsp3) is 0.278. The third kappa shape index (κ3) is 4.58. The Morgan fingerprint density at radius 2 is 1.59 bits per heavy atom. The summed E-state index contributed by atoms with van der Waals surface area (Å²) in [6.45, 7) is 4.58. The first-order chi connectivity index (χ1) is 10.1. The number of nitrogens with two attached hydrogens (primary N) is 1. The largest absolute Gasteiger partial charge is 0.329 e. The molecule has 0 spiro atoms. The third-order valence-corrected chi connectivity index (χ3v) is 3.60.